The van der Waals surface area contributed by atoms with Crippen molar-refractivity contribution in [1.82, 2.24) is 11.1 Å². The van der Waals surface area contributed by atoms with E-state index in [9.17, 15) is 8.42 Å². The number of unbranched alkanes of at least 4 members (excludes halogenated alkanes) is 14. The topological polar surface area (TPSA) is 92.6 Å². The fraction of sp³-hybridized carbons (Fsp3) is 0.769. The summed E-state index contributed by atoms with van der Waals surface area (Å²) in [6.45, 7) is 2.27. The molecule has 0 aliphatic heterocycles. The molecule has 4 N–H and O–H groups in total. The number of benzene rings is 1. The average molecular weight is 473 g/mol. The van der Waals surface area contributed by atoms with Crippen LogP contribution < -0.4 is 6.15 Å². The third kappa shape index (κ3) is 22.3. The molecule has 5 nitrogen and oxygen atoms in total. The molecule has 0 spiro atoms. The van der Waals surface area contributed by atoms with Crippen LogP contribution in [0.5, 0.6) is 0 Å². The van der Waals surface area contributed by atoms with Crippen molar-refractivity contribution in [3.05, 3.63) is 29.8 Å². The molecular weight excluding hydrogens is 420 g/mol. The summed E-state index contributed by atoms with van der Waals surface area (Å²) in [6.07, 6.45) is 21.4. The second kappa shape index (κ2) is 21.9. The average Bonchev–Trinajstić information content (AvgIpc) is 2.70. The van der Waals surface area contributed by atoms with E-state index in [1.807, 2.05) is 26.0 Å². The number of hydrogen-bond acceptors (Lipinski definition) is 4. The van der Waals surface area contributed by atoms with Gasteiger partial charge in [-0.15, -0.1) is 0 Å². The molecule has 0 aliphatic rings. The van der Waals surface area contributed by atoms with Gasteiger partial charge in [0.2, 0.25) is 0 Å². The van der Waals surface area contributed by atoms with Crippen LogP contribution in [0.1, 0.15) is 109 Å². The predicted octanol–water partition coefficient (Wildman–Crippen LogP) is 7.69. The van der Waals surface area contributed by atoms with E-state index in [0.717, 1.165) is 18.4 Å². The first-order valence-electron chi connectivity index (χ1n) is 12.4. The van der Waals surface area contributed by atoms with Crippen LogP contribution in [0.2, 0.25) is 0 Å². The van der Waals surface area contributed by atoms with Gasteiger partial charge in [0.1, 0.15) is 0 Å². The van der Waals surface area contributed by atoms with Crippen LogP contribution in [-0.2, 0) is 16.5 Å². The van der Waals surface area contributed by atoms with E-state index in [-0.39, 0.29) is 11.0 Å². The zero-order valence-electron chi connectivity index (χ0n) is 21.4. The van der Waals surface area contributed by atoms with Crippen molar-refractivity contribution in [1.29, 1.82) is 0 Å². The van der Waals surface area contributed by atoms with Crippen molar-refractivity contribution in [3.8, 4) is 0 Å². The molecule has 1 aromatic rings. The molecule has 0 unspecified atom stereocenters. The number of aryl methyl sites for hydroxylation is 1. The van der Waals surface area contributed by atoms with Crippen LogP contribution in [0.15, 0.2) is 29.2 Å². The van der Waals surface area contributed by atoms with Gasteiger partial charge in [0.05, 0.1) is 4.90 Å². The minimum absolute atomic E-state index is 0. The minimum atomic E-state index is -4.07. The van der Waals surface area contributed by atoms with Gasteiger partial charge in [-0.25, -0.2) is 0 Å². The summed E-state index contributed by atoms with van der Waals surface area (Å²) < 4.78 is 31.0. The molecule has 0 amide bonds. The third-order valence-corrected chi connectivity index (χ3v) is 6.16. The summed E-state index contributed by atoms with van der Waals surface area (Å²) in [7, 11) is 1.93. The number of hydrogen-bond donors (Lipinski definition) is 2. The fourth-order valence-electron chi connectivity index (χ4n) is 3.53. The van der Waals surface area contributed by atoms with Gasteiger partial charge in [-0.1, -0.05) is 109 Å². The van der Waals surface area contributed by atoms with Crippen molar-refractivity contribution < 1.29 is 13.0 Å². The summed E-state index contributed by atoms with van der Waals surface area (Å²) in [5.41, 5.74) is 1.14. The molecule has 0 saturated carbocycles. The van der Waals surface area contributed by atoms with Crippen LogP contribution >= 0.6 is 0 Å². The number of nitrogens with zero attached hydrogens (tertiary/aromatic N) is 1. The standard InChI is InChI=1S/C23H40O3S.C3H9N.H3N/c1-2-3-4-5-6-7-8-9-10-11-12-13-14-15-16-17-22-18-20-23(21-19-22)27(24,25)26;1-4(2)3;/h18-21H,2-17H2,1H3,(H,24,25,26);1-3H3;1H3. The first-order chi connectivity index (χ1) is 14.8. The fourth-order valence-corrected chi connectivity index (χ4v) is 4.01. The Morgan fingerprint density at radius 3 is 1.28 bits per heavy atom. The highest BCUT2D eigenvalue weighted by Crippen LogP contribution is 2.15. The molecule has 0 aliphatic carbocycles. The van der Waals surface area contributed by atoms with E-state index in [1.54, 1.807) is 12.1 Å². The second-order valence-corrected chi connectivity index (χ2v) is 10.6. The molecule has 6 heteroatoms. The van der Waals surface area contributed by atoms with Gasteiger partial charge in [0, 0.05) is 0 Å². The summed E-state index contributed by atoms with van der Waals surface area (Å²) in [4.78, 5) is 1.97. The quantitative estimate of drug-likeness (QED) is 0.179. The molecule has 190 valence electrons. The zero-order chi connectivity index (χ0) is 23.4. The summed E-state index contributed by atoms with van der Waals surface area (Å²) in [6, 6.07) is 6.56. The molecule has 0 aromatic heterocycles. The van der Waals surface area contributed by atoms with Crippen molar-refractivity contribution in [2.45, 2.75) is 115 Å². The van der Waals surface area contributed by atoms with E-state index in [4.69, 9.17) is 4.55 Å². The van der Waals surface area contributed by atoms with Gasteiger partial charge in [-0.2, -0.15) is 8.42 Å². The Bertz CT molecular complexity index is 614. The van der Waals surface area contributed by atoms with Gasteiger partial charge in [0.15, 0.2) is 0 Å². The van der Waals surface area contributed by atoms with Crippen LogP contribution in [-0.4, -0.2) is 39.0 Å². The van der Waals surface area contributed by atoms with Crippen molar-refractivity contribution in [2.75, 3.05) is 21.1 Å². The molecule has 0 heterocycles. The van der Waals surface area contributed by atoms with E-state index in [1.165, 1.54) is 102 Å². The monoisotopic (exact) mass is 472 g/mol. The molecule has 1 aromatic carbocycles. The van der Waals surface area contributed by atoms with E-state index in [0.29, 0.717) is 0 Å². The van der Waals surface area contributed by atoms with Crippen LogP contribution in [0.25, 0.3) is 0 Å². The molecular formula is C26H52N2O3S. The molecule has 0 atom stereocenters. The van der Waals surface area contributed by atoms with Gasteiger partial charge < -0.3 is 11.1 Å². The summed E-state index contributed by atoms with van der Waals surface area (Å²) in [5.74, 6) is 0. The lowest BCUT2D eigenvalue weighted by Crippen LogP contribution is -1.99. The first-order valence-corrected chi connectivity index (χ1v) is 13.9. The lowest BCUT2D eigenvalue weighted by atomic mass is 10.0. The molecule has 0 saturated heterocycles. The highest BCUT2D eigenvalue weighted by Gasteiger charge is 2.08. The normalized spacial score (nSPS) is 11.1. The zero-order valence-corrected chi connectivity index (χ0v) is 22.3. The molecule has 1 rings (SSSR count). The predicted molar refractivity (Wildman–Crippen MR) is 140 cm³/mol. The number of rotatable bonds is 17. The Morgan fingerprint density at radius 1 is 0.656 bits per heavy atom. The Kier molecular flexibility index (Phi) is 22.7. The van der Waals surface area contributed by atoms with Crippen LogP contribution in [0.4, 0.5) is 0 Å². The summed E-state index contributed by atoms with van der Waals surface area (Å²) >= 11 is 0. The van der Waals surface area contributed by atoms with Crippen molar-refractivity contribution in [3.63, 3.8) is 0 Å². The molecule has 0 radical (unpaired) electrons. The minimum Gasteiger partial charge on any atom is -0.344 e. The Balaban J connectivity index is 0. The Labute approximate surface area is 199 Å². The maximum absolute atomic E-state index is 11.0. The molecule has 0 fully saturated rings. The lowest BCUT2D eigenvalue weighted by molar-refractivity contribution is 0.483. The smallest absolute Gasteiger partial charge is 0.294 e. The van der Waals surface area contributed by atoms with E-state index in [2.05, 4.69) is 6.92 Å². The van der Waals surface area contributed by atoms with Crippen LogP contribution in [0, 0.1) is 0 Å². The Morgan fingerprint density at radius 2 is 0.969 bits per heavy atom. The largest absolute Gasteiger partial charge is 0.344 e. The van der Waals surface area contributed by atoms with Gasteiger partial charge in [0.25, 0.3) is 10.1 Å². The van der Waals surface area contributed by atoms with Gasteiger partial charge in [-0.05, 0) is 51.7 Å². The van der Waals surface area contributed by atoms with Crippen molar-refractivity contribution in [2.24, 2.45) is 0 Å². The first kappa shape index (κ1) is 33.2. The Hall–Kier alpha value is -0.950. The van der Waals surface area contributed by atoms with E-state index >= 15 is 0 Å². The van der Waals surface area contributed by atoms with Gasteiger partial charge in [-0.3, -0.25) is 4.55 Å². The highest BCUT2D eigenvalue weighted by atomic mass is 32.2. The maximum atomic E-state index is 11.0. The van der Waals surface area contributed by atoms with Crippen molar-refractivity contribution >= 4 is 10.1 Å². The summed E-state index contributed by atoms with van der Waals surface area (Å²) in [5, 5.41) is 0. The van der Waals surface area contributed by atoms with Crippen LogP contribution in [0.3, 0.4) is 0 Å². The third-order valence-electron chi connectivity index (χ3n) is 5.29. The lowest BCUT2D eigenvalue weighted by Gasteiger charge is -2.04. The van der Waals surface area contributed by atoms with Gasteiger partial charge >= 0.3 is 0 Å². The van der Waals surface area contributed by atoms with E-state index < -0.39 is 10.1 Å². The maximum Gasteiger partial charge on any atom is 0.294 e. The second-order valence-electron chi connectivity index (χ2n) is 9.16. The molecule has 32 heavy (non-hydrogen) atoms. The SMILES string of the molecule is CCCCCCCCCCCCCCCCCc1ccc(S(=O)(=O)O)cc1.CN(C)C.N. The highest BCUT2D eigenvalue weighted by molar-refractivity contribution is 7.85. The molecule has 0 bridgehead atoms.